The fraction of sp³-hybridized carbons (Fsp3) is 0.250. The van der Waals surface area contributed by atoms with E-state index in [0.29, 0.717) is 0 Å². The highest BCUT2D eigenvalue weighted by Crippen LogP contribution is 2.40. The van der Waals surface area contributed by atoms with Crippen molar-refractivity contribution in [2.24, 2.45) is 11.5 Å². The summed E-state index contributed by atoms with van der Waals surface area (Å²) in [6.45, 7) is 0. The van der Waals surface area contributed by atoms with Crippen molar-refractivity contribution in [2.75, 3.05) is 0 Å². The van der Waals surface area contributed by atoms with Crippen molar-refractivity contribution in [3.05, 3.63) is 23.9 Å². The van der Waals surface area contributed by atoms with Gasteiger partial charge in [-0.3, -0.25) is 4.79 Å². The minimum Gasteiger partial charge on any atom is -0.369 e. The van der Waals surface area contributed by atoms with E-state index >= 15 is 0 Å². The molecule has 1 aromatic rings. The van der Waals surface area contributed by atoms with Crippen LogP contribution in [0.15, 0.2) is 23.4 Å². The number of primary amides is 1. The maximum atomic E-state index is 11.0. The van der Waals surface area contributed by atoms with Gasteiger partial charge in [0.2, 0.25) is 5.91 Å². The number of hydrogen-bond acceptors (Lipinski definition) is 4. The first-order chi connectivity index (χ1) is 6.20. The van der Waals surface area contributed by atoms with Gasteiger partial charge >= 0.3 is 0 Å². The summed E-state index contributed by atoms with van der Waals surface area (Å²) in [6, 6.07) is 3.37. The van der Waals surface area contributed by atoms with E-state index < -0.39 is 0 Å². The number of nitrogens with zero attached hydrogens (tertiary/aromatic N) is 1. The van der Waals surface area contributed by atoms with Crippen LogP contribution in [0.5, 0.6) is 0 Å². The fourth-order valence-corrected chi connectivity index (χ4v) is 2.46. The van der Waals surface area contributed by atoms with Crippen LogP contribution in [0.1, 0.15) is 11.6 Å². The normalized spacial score (nSPS) is 25.6. The van der Waals surface area contributed by atoms with Gasteiger partial charge in [-0.25, -0.2) is 4.98 Å². The number of hydrogen-bond donors (Lipinski definition) is 2. The molecule has 2 atom stereocenters. The number of carbonyl (C=O) groups excluding carboxylic acids is 1. The van der Waals surface area contributed by atoms with E-state index in [1.165, 1.54) is 11.8 Å². The molecule has 0 spiro atoms. The molecule has 0 aliphatic carbocycles. The fourth-order valence-electron chi connectivity index (χ4n) is 1.35. The van der Waals surface area contributed by atoms with Gasteiger partial charge in [0.25, 0.3) is 0 Å². The minimum atomic E-state index is -0.379. The summed E-state index contributed by atoms with van der Waals surface area (Å²) in [4.78, 5) is 15.1. The minimum absolute atomic E-state index is 0.314. The molecular weight excluding hydrogens is 186 g/mol. The Labute approximate surface area is 79.7 Å². The van der Waals surface area contributed by atoms with Gasteiger partial charge in [-0.05, 0) is 6.07 Å². The Bertz CT molecular complexity index is 355. The standard InChI is InChI=1S/C8H9N3OS/c9-5-4-2-1-3-11-8(4)13-6(5)7(10)12/h1-3,5-6H,9H2,(H2,10,12). The lowest BCUT2D eigenvalue weighted by Crippen LogP contribution is -2.32. The quantitative estimate of drug-likeness (QED) is 0.663. The molecule has 1 aliphatic heterocycles. The van der Waals surface area contributed by atoms with Crippen LogP contribution in [-0.2, 0) is 4.79 Å². The van der Waals surface area contributed by atoms with Crippen LogP contribution >= 0.6 is 11.8 Å². The third-order valence-corrected chi connectivity index (χ3v) is 3.35. The summed E-state index contributed by atoms with van der Waals surface area (Å²) in [5, 5.41) is 0.448. The predicted molar refractivity (Wildman–Crippen MR) is 50.0 cm³/mol. The first-order valence-corrected chi connectivity index (χ1v) is 4.74. The number of nitrogens with two attached hydrogens (primary N) is 2. The number of amides is 1. The molecule has 2 rings (SSSR count). The SMILES string of the molecule is NC(=O)C1Sc2ncccc2C1N. The zero-order valence-corrected chi connectivity index (χ0v) is 7.62. The van der Waals surface area contributed by atoms with Gasteiger partial charge < -0.3 is 11.5 Å². The summed E-state index contributed by atoms with van der Waals surface area (Å²) in [5.41, 5.74) is 11.9. The number of fused-ring (bicyclic) bond motifs is 1. The third-order valence-electron chi connectivity index (χ3n) is 2.00. The Morgan fingerprint density at radius 1 is 1.62 bits per heavy atom. The molecular formula is C8H9N3OS. The van der Waals surface area contributed by atoms with E-state index in [1.54, 1.807) is 6.20 Å². The van der Waals surface area contributed by atoms with Crippen LogP contribution in [0.3, 0.4) is 0 Å². The molecule has 68 valence electrons. The smallest absolute Gasteiger partial charge is 0.232 e. The highest BCUT2D eigenvalue weighted by atomic mass is 32.2. The van der Waals surface area contributed by atoms with Gasteiger partial charge in [-0.2, -0.15) is 0 Å². The van der Waals surface area contributed by atoms with Crippen molar-refractivity contribution >= 4 is 17.7 Å². The van der Waals surface area contributed by atoms with Crippen LogP contribution in [0.4, 0.5) is 0 Å². The van der Waals surface area contributed by atoms with Crippen LogP contribution < -0.4 is 11.5 Å². The van der Waals surface area contributed by atoms with E-state index in [4.69, 9.17) is 11.5 Å². The largest absolute Gasteiger partial charge is 0.369 e. The topological polar surface area (TPSA) is 82.0 Å². The molecule has 1 aliphatic rings. The molecule has 1 amide bonds. The second kappa shape index (κ2) is 3.01. The summed E-state index contributed by atoms with van der Waals surface area (Å²) in [7, 11) is 0. The Kier molecular flexibility index (Phi) is 1.97. The van der Waals surface area contributed by atoms with E-state index in [1.807, 2.05) is 12.1 Å². The molecule has 13 heavy (non-hydrogen) atoms. The summed E-state index contributed by atoms with van der Waals surface area (Å²) < 4.78 is 0. The summed E-state index contributed by atoms with van der Waals surface area (Å²) >= 11 is 1.34. The average molecular weight is 195 g/mol. The molecule has 1 aromatic heterocycles. The predicted octanol–water partition coefficient (Wildman–Crippen LogP) is 0.0410. The molecule has 0 aromatic carbocycles. The zero-order chi connectivity index (χ0) is 9.42. The van der Waals surface area contributed by atoms with Gasteiger partial charge in [-0.1, -0.05) is 17.8 Å². The molecule has 4 nitrogen and oxygen atoms in total. The first kappa shape index (κ1) is 8.52. The monoisotopic (exact) mass is 195 g/mol. The van der Waals surface area contributed by atoms with Crippen molar-refractivity contribution in [1.82, 2.24) is 4.98 Å². The molecule has 2 unspecified atom stereocenters. The van der Waals surface area contributed by atoms with E-state index in [0.717, 1.165) is 10.6 Å². The van der Waals surface area contributed by atoms with E-state index in [-0.39, 0.29) is 17.2 Å². The molecule has 5 heteroatoms. The Hall–Kier alpha value is -1.07. The molecule has 4 N–H and O–H groups in total. The van der Waals surface area contributed by atoms with Crippen LogP contribution in [0.25, 0.3) is 0 Å². The van der Waals surface area contributed by atoms with Crippen LogP contribution in [-0.4, -0.2) is 16.1 Å². The molecule has 0 radical (unpaired) electrons. The Balaban J connectivity index is 2.38. The number of rotatable bonds is 1. The highest BCUT2D eigenvalue weighted by Gasteiger charge is 2.35. The second-order valence-corrected chi connectivity index (χ2v) is 3.99. The lowest BCUT2D eigenvalue weighted by Gasteiger charge is -2.09. The Morgan fingerprint density at radius 2 is 2.38 bits per heavy atom. The lowest BCUT2D eigenvalue weighted by atomic mass is 10.1. The molecule has 0 saturated heterocycles. The average Bonchev–Trinajstić information content (AvgIpc) is 2.45. The molecule has 0 fully saturated rings. The van der Waals surface area contributed by atoms with Gasteiger partial charge in [0.1, 0.15) is 10.3 Å². The lowest BCUT2D eigenvalue weighted by molar-refractivity contribution is -0.117. The maximum Gasteiger partial charge on any atom is 0.232 e. The van der Waals surface area contributed by atoms with E-state index in [2.05, 4.69) is 4.98 Å². The van der Waals surface area contributed by atoms with Gasteiger partial charge in [-0.15, -0.1) is 0 Å². The van der Waals surface area contributed by atoms with Crippen molar-refractivity contribution in [3.8, 4) is 0 Å². The zero-order valence-electron chi connectivity index (χ0n) is 6.81. The van der Waals surface area contributed by atoms with Crippen molar-refractivity contribution in [3.63, 3.8) is 0 Å². The van der Waals surface area contributed by atoms with Crippen LogP contribution in [0.2, 0.25) is 0 Å². The van der Waals surface area contributed by atoms with E-state index in [9.17, 15) is 4.79 Å². The number of pyridine rings is 1. The summed E-state index contributed by atoms with van der Waals surface area (Å²) in [5.74, 6) is -0.379. The molecule has 2 heterocycles. The van der Waals surface area contributed by atoms with Crippen molar-refractivity contribution in [2.45, 2.75) is 16.3 Å². The van der Waals surface area contributed by atoms with Gasteiger partial charge in [0.05, 0.1) is 6.04 Å². The highest BCUT2D eigenvalue weighted by molar-refractivity contribution is 8.01. The second-order valence-electron chi connectivity index (χ2n) is 2.86. The first-order valence-electron chi connectivity index (χ1n) is 3.86. The number of carbonyl (C=O) groups is 1. The summed E-state index contributed by atoms with van der Waals surface area (Å²) in [6.07, 6.45) is 1.68. The third kappa shape index (κ3) is 1.30. The Morgan fingerprint density at radius 3 is 3.00 bits per heavy atom. The molecule has 0 bridgehead atoms. The van der Waals surface area contributed by atoms with Gasteiger partial charge in [0, 0.05) is 11.8 Å². The number of aromatic nitrogens is 1. The van der Waals surface area contributed by atoms with Gasteiger partial charge in [0.15, 0.2) is 0 Å². The molecule has 0 saturated carbocycles. The van der Waals surface area contributed by atoms with Crippen molar-refractivity contribution in [1.29, 1.82) is 0 Å². The van der Waals surface area contributed by atoms with Crippen LogP contribution in [0, 0.1) is 0 Å². The van der Waals surface area contributed by atoms with Crippen molar-refractivity contribution < 1.29 is 4.79 Å². The maximum absolute atomic E-state index is 11.0. The number of thioether (sulfide) groups is 1.